The number of rotatable bonds is 7. The summed E-state index contributed by atoms with van der Waals surface area (Å²) in [6, 6.07) is 0. The van der Waals surface area contributed by atoms with Crippen molar-refractivity contribution in [1.29, 1.82) is 0 Å². The van der Waals surface area contributed by atoms with Crippen LogP contribution in [0.2, 0.25) is 0 Å². The Bertz CT molecular complexity index is 265. The van der Waals surface area contributed by atoms with Crippen molar-refractivity contribution in [2.45, 2.75) is 46.0 Å². The zero-order valence-corrected chi connectivity index (χ0v) is 10.9. The van der Waals surface area contributed by atoms with Gasteiger partial charge in [-0.05, 0) is 13.3 Å². The van der Waals surface area contributed by atoms with Crippen molar-refractivity contribution in [2.75, 3.05) is 19.7 Å². The van der Waals surface area contributed by atoms with E-state index in [0.29, 0.717) is 19.6 Å². The summed E-state index contributed by atoms with van der Waals surface area (Å²) in [4.78, 5) is 25.0. The van der Waals surface area contributed by atoms with Crippen LogP contribution in [0.5, 0.6) is 0 Å². The van der Waals surface area contributed by atoms with E-state index in [1.165, 1.54) is 12.8 Å². The molecule has 0 spiro atoms. The number of likely N-dealkylation sites (tertiary alicyclic amines) is 1. The Hall–Kier alpha value is -1.06. The predicted octanol–water partition coefficient (Wildman–Crippen LogP) is 1.98. The molecule has 0 aromatic rings. The Morgan fingerprint density at radius 2 is 2.12 bits per heavy atom. The van der Waals surface area contributed by atoms with E-state index >= 15 is 0 Å². The third-order valence-electron chi connectivity index (χ3n) is 3.12. The first-order chi connectivity index (χ1) is 8.19. The number of esters is 1. The average molecular weight is 241 g/mol. The zero-order valence-electron chi connectivity index (χ0n) is 10.9. The van der Waals surface area contributed by atoms with Crippen LogP contribution in [0.1, 0.15) is 46.0 Å². The van der Waals surface area contributed by atoms with Crippen molar-refractivity contribution >= 4 is 11.9 Å². The van der Waals surface area contributed by atoms with Gasteiger partial charge in [-0.2, -0.15) is 0 Å². The number of unbranched alkanes of at least 4 members (excludes halogenated alkanes) is 3. The maximum atomic E-state index is 11.7. The molecule has 0 aromatic heterocycles. The van der Waals surface area contributed by atoms with Crippen LogP contribution in [-0.2, 0) is 14.3 Å². The molecule has 1 rings (SSSR count). The number of carbonyl (C=O) groups is 2. The lowest BCUT2D eigenvalue weighted by molar-refractivity contribution is -0.147. The van der Waals surface area contributed by atoms with Crippen LogP contribution in [0.4, 0.5) is 0 Å². The van der Waals surface area contributed by atoms with Gasteiger partial charge in [-0.1, -0.05) is 26.2 Å². The highest BCUT2D eigenvalue weighted by Gasteiger charge is 2.34. The Balaban J connectivity index is 2.29. The summed E-state index contributed by atoms with van der Waals surface area (Å²) in [6.45, 7) is 5.67. The molecule has 1 aliphatic heterocycles. The Labute approximate surface area is 103 Å². The lowest BCUT2D eigenvalue weighted by Gasteiger charge is -2.15. The minimum Gasteiger partial charge on any atom is -0.466 e. The van der Waals surface area contributed by atoms with Gasteiger partial charge in [-0.25, -0.2) is 0 Å². The highest BCUT2D eigenvalue weighted by Crippen LogP contribution is 2.19. The maximum Gasteiger partial charge on any atom is 0.311 e. The summed E-state index contributed by atoms with van der Waals surface area (Å²) in [5.74, 6) is -0.370. The highest BCUT2D eigenvalue weighted by atomic mass is 16.5. The van der Waals surface area contributed by atoms with Gasteiger partial charge in [0.05, 0.1) is 12.5 Å². The molecule has 0 N–H and O–H groups in total. The second kappa shape index (κ2) is 7.30. The van der Waals surface area contributed by atoms with Gasteiger partial charge in [0.25, 0.3) is 0 Å². The van der Waals surface area contributed by atoms with Crippen molar-refractivity contribution in [3.8, 4) is 0 Å². The van der Waals surface area contributed by atoms with E-state index in [-0.39, 0.29) is 17.8 Å². The molecule has 0 bridgehead atoms. The van der Waals surface area contributed by atoms with Crippen LogP contribution in [0.3, 0.4) is 0 Å². The molecule has 1 heterocycles. The summed E-state index contributed by atoms with van der Waals surface area (Å²) < 4.78 is 4.95. The first kappa shape index (κ1) is 14.0. The summed E-state index contributed by atoms with van der Waals surface area (Å²) >= 11 is 0. The van der Waals surface area contributed by atoms with Crippen molar-refractivity contribution in [3.63, 3.8) is 0 Å². The van der Waals surface area contributed by atoms with E-state index in [0.717, 1.165) is 19.4 Å². The monoisotopic (exact) mass is 241 g/mol. The Morgan fingerprint density at radius 1 is 1.35 bits per heavy atom. The molecule has 1 amide bonds. The molecular weight excluding hydrogens is 218 g/mol. The van der Waals surface area contributed by atoms with Crippen LogP contribution >= 0.6 is 0 Å². The van der Waals surface area contributed by atoms with Gasteiger partial charge in [0.15, 0.2) is 0 Å². The normalized spacial score (nSPS) is 19.8. The first-order valence-corrected chi connectivity index (χ1v) is 6.63. The summed E-state index contributed by atoms with van der Waals surface area (Å²) in [7, 11) is 0. The number of amides is 1. The highest BCUT2D eigenvalue weighted by molar-refractivity contribution is 5.86. The van der Waals surface area contributed by atoms with Gasteiger partial charge in [-0.3, -0.25) is 9.59 Å². The van der Waals surface area contributed by atoms with Gasteiger partial charge < -0.3 is 9.64 Å². The number of hydrogen-bond acceptors (Lipinski definition) is 3. The number of carbonyl (C=O) groups excluding carboxylic acids is 2. The van der Waals surface area contributed by atoms with Gasteiger partial charge in [0.1, 0.15) is 0 Å². The van der Waals surface area contributed by atoms with Gasteiger partial charge in [-0.15, -0.1) is 0 Å². The third-order valence-corrected chi connectivity index (χ3v) is 3.12. The quantitative estimate of drug-likeness (QED) is 0.506. The fourth-order valence-electron chi connectivity index (χ4n) is 2.14. The number of ether oxygens (including phenoxy) is 1. The summed E-state index contributed by atoms with van der Waals surface area (Å²) in [5, 5.41) is 0. The lowest BCUT2D eigenvalue weighted by Crippen LogP contribution is -2.27. The molecule has 4 nitrogen and oxygen atoms in total. The topological polar surface area (TPSA) is 46.6 Å². The molecule has 1 atom stereocenters. The molecule has 0 saturated carbocycles. The summed E-state index contributed by atoms with van der Waals surface area (Å²) in [5.41, 5.74) is 0. The third kappa shape index (κ3) is 4.36. The van der Waals surface area contributed by atoms with Crippen LogP contribution in [0.25, 0.3) is 0 Å². The van der Waals surface area contributed by atoms with Crippen molar-refractivity contribution in [3.05, 3.63) is 0 Å². The molecule has 1 saturated heterocycles. The number of nitrogens with zero attached hydrogens (tertiary/aromatic N) is 1. The molecule has 0 radical (unpaired) electrons. The molecule has 17 heavy (non-hydrogen) atoms. The van der Waals surface area contributed by atoms with E-state index in [1.807, 2.05) is 0 Å². The molecule has 1 fully saturated rings. The smallest absolute Gasteiger partial charge is 0.311 e. The largest absolute Gasteiger partial charge is 0.466 e. The van der Waals surface area contributed by atoms with Crippen molar-refractivity contribution < 1.29 is 14.3 Å². The van der Waals surface area contributed by atoms with E-state index in [9.17, 15) is 9.59 Å². The first-order valence-electron chi connectivity index (χ1n) is 6.63. The predicted molar refractivity (Wildman–Crippen MR) is 65.5 cm³/mol. The van der Waals surface area contributed by atoms with Gasteiger partial charge in [0, 0.05) is 19.5 Å². The fourth-order valence-corrected chi connectivity index (χ4v) is 2.14. The van der Waals surface area contributed by atoms with E-state index in [2.05, 4.69) is 6.92 Å². The van der Waals surface area contributed by atoms with E-state index < -0.39 is 0 Å². The standard InChI is InChI=1S/C13H23NO3/c1-3-5-6-7-8-14-10-11(9-12(14)15)13(16)17-4-2/h11H,3-10H2,1-2H3. The minimum atomic E-state index is -0.242. The molecule has 0 aromatic carbocycles. The van der Waals surface area contributed by atoms with Crippen LogP contribution in [-0.4, -0.2) is 36.5 Å². The van der Waals surface area contributed by atoms with Crippen molar-refractivity contribution in [1.82, 2.24) is 4.90 Å². The van der Waals surface area contributed by atoms with Crippen LogP contribution in [0, 0.1) is 5.92 Å². The maximum absolute atomic E-state index is 11.7. The zero-order chi connectivity index (χ0) is 12.7. The summed E-state index contributed by atoms with van der Waals surface area (Å²) in [6.07, 6.45) is 4.93. The molecular formula is C13H23NO3. The van der Waals surface area contributed by atoms with E-state index in [1.54, 1.807) is 11.8 Å². The van der Waals surface area contributed by atoms with Crippen LogP contribution < -0.4 is 0 Å². The van der Waals surface area contributed by atoms with E-state index in [4.69, 9.17) is 4.74 Å². The molecule has 1 aliphatic rings. The molecule has 4 heteroatoms. The lowest BCUT2D eigenvalue weighted by atomic mass is 10.1. The van der Waals surface area contributed by atoms with Crippen molar-refractivity contribution in [2.24, 2.45) is 5.92 Å². The Morgan fingerprint density at radius 3 is 2.76 bits per heavy atom. The minimum absolute atomic E-state index is 0.0968. The Kier molecular flexibility index (Phi) is 6.01. The molecule has 0 aliphatic carbocycles. The number of hydrogen-bond donors (Lipinski definition) is 0. The second-order valence-electron chi connectivity index (χ2n) is 4.55. The van der Waals surface area contributed by atoms with Crippen LogP contribution in [0.15, 0.2) is 0 Å². The molecule has 98 valence electrons. The second-order valence-corrected chi connectivity index (χ2v) is 4.55. The fraction of sp³-hybridized carbons (Fsp3) is 0.846. The molecule has 1 unspecified atom stereocenters. The van der Waals surface area contributed by atoms with Gasteiger partial charge in [0.2, 0.25) is 5.91 Å². The SMILES string of the molecule is CCCCCCN1CC(C(=O)OCC)CC1=O. The van der Waals surface area contributed by atoms with Gasteiger partial charge >= 0.3 is 5.97 Å². The average Bonchev–Trinajstić information content (AvgIpc) is 2.67.